The molecule has 3 heterocycles. The van der Waals surface area contributed by atoms with Crippen molar-refractivity contribution in [1.82, 2.24) is 9.80 Å². The molecule has 0 unspecified atom stereocenters. The van der Waals surface area contributed by atoms with E-state index in [1.54, 1.807) is 0 Å². The molecule has 0 saturated carbocycles. The van der Waals surface area contributed by atoms with Crippen molar-refractivity contribution in [3.63, 3.8) is 0 Å². The molecule has 2 aromatic rings. The molecule has 4 atom stereocenters. The number of nitrogens with one attached hydrogen (secondary N) is 1. The molecule has 3 aliphatic rings. The first-order valence-corrected chi connectivity index (χ1v) is 10.5. The number of nitrogens with two attached hydrogens (primary N) is 1. The zero-order chi connectivity index (χ0) is 22.7. The lowest BCUT2D eigenvalue weighted by molar-refractivity contribution is -0.142. The molecule has 3 N–H and O–H groups in total. The molecule has 0 spiro atoms. The molecule has 3 saturated heterocycles. The van der Waals surface area contributed by atoms with Crippen LogP contribution in [0.3, 0.4) is 0 Å². The Morgan fingerprint density at radius 3 is 2.38 bits per heavy atom. The van der Waals surface area contributed by atoms with Crippen LogP contribution in [0.25, 0.3) is 0 Å². The molecule has 2 amide bonds. The SMILES string of the molecule is N=C(N)c1ccc([C@@H]2[C@@H]3C(=O)N(Cc4ccc(F)cc4)C(=O)[C@@H]3[C@H]3CCCN32)c(F)c1F. The summed E-state index contributed by atoms with van der Waals surface area (Å²) in [5.41, 5.74) is 5.60. The molecule has 166 valence electrons. The van der Waals surface area contributed by atoms with Gasteiger partial charge in [-0.15, -0.1) is 0 Å². The van der Waals surface area contributed by atoms with E-state index in [2.05, 4.69) is 0 Å². The Labute approximate surface area is 182 Å². The zero-order valence-corrected chi connectivity index (χ0v) is 17.0. The third-order valence-electron chi connectivity index (χ3n) is 6.92. The van der Waals surface area contributed by atoms with Gasteiger partial charge in [-0.1, -0.05) is 18.2 Å². The number of amidine groups is 1. The second kappa shape index (κ2) is 7.44. The molecule has 2 aromatic carbocycles. The van der Waals surface area contributed by atoms with Crippen LogP contribution < -0.4 is 5.73 Å². The number of nitrogens with zero attached hydrogens (tertiary/aromatic N) is 2. The quantitative estimate of drug-likeness (QED) is 0.433. The normalized spacial score (nSPS) is 27.2. The van der Waals surface area contributed by atoms with Crippen LogP contribution in [0.1, 0.15) is 35.6 Å². The minimum absolute atomic E-state index is 0.00307. The van der Waals surface area contributed by atoms with E-state index in [4.69, 9.17) is 11.1 Å². The van der Waals surface area contributed by atoms with E-state index in [0.29, 0.717) is 18.5 Å². The molecule has 5 rings (SSSR count). The molecular formula is C23H21F3N4O2. The minimum Gasteiger partial charge on any atom is -0.384 e. The van der Waals surface area contributed by atoms with Crippen LogP contribution in [-0.4, -0.2) is 40.0 Å². The van der Waals surface area contributed by atoms with Crippen LogP contribution in [0.15, 0.2) is 36.4 Å². The van der Waals surface area contributed by atoms with Crippen LogP contribution >= 0.6 is 0 Å². The molecule has 0 radical (unpaired) electrons. The Balaban J connectivity index is 1.53. The van der Waals surface area contributed by atoms with Gasteiger partial charge >= 0.3 is 0 Å². The van der Waals surface area contributed by atoms with Crippen molar-refractivity contribution in [1.29, 1.82) is 5.41 Å². The number of hydrogen-bond donors (Lipinski definition) is 2. The largest absolute Gasteiger partial charge is 0.384 e. The highest BCUT2D eigenvalue weighted by Crippen LogP contribution is 2.53. The molecule has 0 aromatic heterocycles. The lowest BCUT2D eigenvalue weighted by Gasteiger charge is -2.29. The highest BCUT2D eigenvalue weighted by atomic mass is 19.2. The zero-order valence-electron chi connectivity index (χ0n) is 17.0. The Morgan fingerprint density at radius 2 is 1.69 bits per heavy atom. The lowest BCUT2D eigenvalue weighted by Crippen LogP contribution is -2.39. The van der Waals surface area contributed by atoms with Gasteiger partial charge in [-0.25, -0.2) is 13.2 Å². The number of amides is 2. The fourth-order valence-corrected chi connectivity index (χ4v) is 5.56. The summed E-state index contributed by atoms with van der Waals surface area (Å²) in [6, 6.07) is 7.14. The predicted octanol–water partition coefficient (Wildman–Crippen LogP) is 2.71. The van der Waals surface area contributed by atoms with Gasteiger partial charge in [0, 0.05) is 11.6 Å². The van der Waals surface area contributed by atoms with Gasteiger partial charge in [0.1, 0.15) is 11.7 Å². The van der Waals surface area contributed by atoms with E-state index in [9.17, 15) is 18.4 Å². The molecule has 32 heavy (non-hydrogen) atoms. The van der Waals surface area contributed by atoms with E-state index in [1.165, 1.54) is 36.4 Å². The maximum atomic E-state index is 15.1. The summed E-state index contributed by atoms with van der Waals surface area (Å²) in [5, 5.41) is 7.43. The van der Waals surface area contributed by atoms with Crippen LogP contribution in [0, 0.1) is 34.7 Å². The molecule has 3 fully saturated rings. The number of fused-ring (bicyclic) bond motifs is 3. The van der Waals surface area contributed by atoms with Crippen LogP contribution in [-0.2, 0) is 16.1 Å². The highest BCUT2D eigenvalue weighted by molar-refractivity contribution is 6.06. The van der Waals surface area contributed by atoms with Crippen molar-refractivity contribution in [3.8, 4) is 0 Å². The second-order valence-electron chi connectivity index (χ2n) is 8.58. The third kappa shape index (κ3) is 2.95. The first-order valence-electron chi connectivity index (χ1n) is 10.5. The fraction of sp³-hybridized carbons (Fsp3) is 0.348. The lowest BCUT2D eigenvalue weighted by atomic mass is 9.84. The first-order chi connectivity index (χ1) is 15.3. The summed E-state index contributed by atoms with van der Waals surface area (Å²) >= 11 is 0. The summed E-state index contributed by atoms with van der Waals surface area (Å²) in [4.78, 5) is 29.8. The number of likely N-dealkylation sites (tertiary alicyclic amines) is 1. The summed E-state index contributed by atoms with van der Waals surface area (Å²) in [5.74, 6) is -5.60. The van der Waals surface area contributed by atoms with Crippen molar-refractivity contribution < 1.29 is 22.8 Å². The number of carbonyl (C=O) groups is 2. The number of nitrogen functional groups attached to an aromatic ring is 1. The van der Waals surface area contributed by atoms with Gasteiger partial charge < -0.3 is 5.73 Å². The van der Waals surface area contributed by atoms with Crippen molar-refractivity contribution in [2.45, 2.75) is 31.5 Å². The minimum atomic E-state index is -1.23. The standard InChI is InChI=1S/C23H21F3N4O2/c24-12-5-3-11(4-6-12)10-30-22(31)16-15-2-1-9-29(15)20(17(16)23(30)32)13-7-8-14(21(27)28)19(26)18(13)25/h3-8,15-17,20H,1-2,9-10H2,(H3,27,28)/t15-,16-,17-,20-/m1/s1. The Morgan fingerprint density at radius 1 is 1.00 bits per heavy atom. The van der Waals surface area contributed by atoms with E-state index < -0.39 is 47.1 Å². The van der Waals surface area contributed by atoms with E-state index in [1.807, 2.05) is 4.90 Å². The van der Waals surface area contributed by atoms with Crippen LogP contribution in [0.2, 0.25) is 0 Å². The summed E-state index contributed by atoms with van der Waals surface area (Å²) in [7, 11) is 0. The van der Waals surface area contributed by atoms with Crippen molar-refractivity contribution in [3.05, 3.63) is 70.5 Å². The maximum Gasteiger partial charge on any atom is 0.235 e. The van der Waals surface area contributed by atoms with Gasteiger partial charge in [0.25, 0.3) is 0 Å². The number of imide groups is 1. The van der Waals surface area contributed by atoms with E-state index >= 15 is 4.39 Å². The van der Waals surface area contributed by atoms with Gasteiger partial charge in [-0.2, -0.15) is 0 Å². The Bertz CT molecular complexity index is 1140. The highest BCUT2D eigenvalue weighted by Gasteiger charge is 2.63. The smallest absolute Gasteiger partial charge is 0.235 e. The first kappa shape index (κ1) is 20.7. The van der Waals surface area contributed by atoms with Crippen molar-refractivity contribution >= 4 is 17.6 Å². The number of carbonyl (C=O) groups excluding carboxylic acids is 2. The summed E-state index contributed by atoms with van der Waals surface area (Å²) in [6.45, 7) is 0.584. The van der Waals surface area contributed by atoms with Gasteiger partial charge in [0.15, 0.2) is 11.6 Å². The van der Waals surface area contributed by atoms with E-state index in [-0.39, 0.29) is 29.6 Å². The van der Waals surface area contributed by atoms with E-state index in [0.717, 1.165) is 11.3 Å². The molecule has 9 heteroatoms. The average Bonchev–Trinajstić information content (AvgIpc) is 3.40. The Hall–Kier alpha value is -3.20. The van der Waals surface area contributed by atoms with Gasteiger partial charge in [-0.3, -0.25) is 24.8 Å². The van der Waals surface area contributed by atoms with Gasteiger partial charge in [0.2, 0.25) is 11.8 Å². The third-order valence-corrected chi connectivity index (χ3v) is 6.92. The molecule has 0 aliphatic carbocycles. The predicted molar refractivity (Wildman–Crippen MR) is 109 cm³/mol. The molecular weight excluding hydrogens is 421 g/mol. The summed E-state index contributed by atoms with van der Waals surface area (Å²) < 4.78 is 42.9. The molecule has 3 aliphatic heterocycles. The van der Waals surface area contributed by atoms with Gasteiger partial charge in [0.05, 0.1) is 30.0 Å². The average molecular weight is 442 g/mol. The Kier molecular flexibility index (Phi) is 4.81. The number of halogens is 3. The topological polar surface area (TPSA) is 90.5 Å². The maximum absolute atomic E-state index is 15.1. The van der Waals surface area contributed by atoms with Crippen molar-refractivity contribution in [2.24, 2.45) is 17.6 Å². The van der Waals surface area contributed by atoms with Crippen molar-refractivity contribution in [2.75, 3.05) is 6.54 Å². The van der Waals surface area contributed by atoms with Gasteiger partial charge in [-0.05, 0) is 43.1 Å². The molecule has 6 nitrogen and oxygen atoms in total. The number of benzene rings is 2. The number of rotatable bonds is 4. The second-order valence-corrected chi connectivity index (χ2v) is 8.58. The molecule has 0 bridgehead atoms. The van der Waals surface area contributed by atoms with Crippen LogP contribution in [0.4, 0.5) is 13.2 Å². The number of hydrogen-bond acceptors (Lipinski definition) is 4. The van der Waals surface area contributed by atoms with Crippen LogP contribution in [0.5, 0.6) is 0 Å². The monoisotopic (exact) mass is 442 g/mol. The fourth-order valence-electron chi connectivity index (χ4n) is 5.56. The summed E-state index contributed by atoms with van der Waals surface area (Å²) in [6.07, 6.45) is 1.48.